The summed E-state index contributed by atoms with van der Waals surface area (Å²) in [4.78, 5) is 16.7. The SMILES string of the molecule is CS(=O)(=O)N(CCNC(=O)c1ccc2ccccc2n1)C1CCOCC1. The van der Waals surface area contributed by atoms with Crippen LogP contribution in [0.1, 0.15) is 23.3 Å². The molecular formula is C18H23N3O4S. The Kier molecular flexibility index (Phi) is 5.85. The van der Waals surface area contributed by atoms with Gasteiger partial charge in [-0.2, -0.15) is 4.31 Å². The van der Waals surface area contributed by atoms with Crippen LogP contribution >= 0.6 is 0 Å². The molecule has 0 saturated carbocycles. The summed E-state index contributed by atoms with van der Waals surface area (Å²) >= 11 is 0. The largest absolute Gasteiger partial charge is 0.381 e. The smallest absolute Gasteiger partial charge is 0.269 e. The van der Waals surface area contributed by atoms with E-state index in [1.165, 1.54) is 10.6 Å². The highest BCUT2D eigenvalue weighted by molar-refractivity contribution is 7.88. The molecule has 1 N–H and O–H groups in total. The molecule has 7 nitrogen and oxygen atoms in total. The number of carbonyl (C=O) groups is 1. The maximum atomic E-state index is 12.3. The van der Waals surface area contributed by atoms with Crippen LogP contribution in [0.3, 0.4) is 0 Å². The maximum absolute atomic E-state index is 12.3. The van der Waals surface area contributed by atoms with Crippen LogP contribution < -0.4 is 5.32 Å². The Morgan fingerprint density at radius 1 is 1.23 bits per heavy atom. The summed E-state index contributed by atoms with van der Waals surface area (Å²) < 4.78 is 30.9. The molecule has 1 saturated heterocycles. The second kappa shape index (κ2) is 8.11. The first kappa shape index (κ1) is 18.8. The number of aromatic nitrogens is 1. The summed E-state index contributed by atoms with van der Waals surface area (Å²) in [5, 5.41) is 3.73. The average Bonchev–Trinajstić information content (AvgIpc) is 2.64. The molecule has 0 aliphatic carbocycles. The minimum Gasteiger partial charge on any atom is -0.381 e. The molecule has 1 amide bonds. The molecule has 1 fully saturated rings. The third-order valence-electron chi connectivity index (χ3n) is 4.47. The predicted octanol–water partition coefficient (Wildman–Crippen LogP) is 1.41. The number of pyridine rings is 1. The normalized spacial score (nSPS) is 16.1. The number of hydrogen-bond donors (Lipinski definition) is 1. The number of fused-ring (bicyclic) bond motifs is 1. The monoisotopic (exact) mass is 377 g/mol. The van der Waals surface area contributed by atoms with Gasteiger partial charge in [-0.05, 0) is 25.0 Å². The van der Waals surface area contributed by atoms with Crippen LogP contribution in [0.25, 0.3) is 10.9 Å². The van der Waals surface area contributed by atoms with Crippen molar-refractivity contribution in [3.63, 3.8) is 0 Å². The van der Waals surface area contributed by atoms with Gasteiger partial charge in [0.2, 0.25) is 10.0 Å². The summed E-state index contributed by atoms with van der Waals surface area (Å²) in [5.74, 6) is -0.309. The van der Waals surface area contributed by atoms with Gasteiger partial charge in [-0.3, -0.25) is 4.79 Å². The molecule has 0 bridgehead atoms. The Morgan fingerprint density at radius 2 is 1.96 bits per heavy atom. The molecule has 1 aromatic heterocycles. The Hall–Kier alpha value is -2.03. The molecule has 2 heterocycles. The van der Waals surface area contributed by atoms with Crippen LogP contribution in [0.4, 0.5) is 0 Å². The molecule has 3 rings (SSSR count). The average molecular weight is 377 g/mol. The molecule has 0 spiro atoms. The highest BCUT2D eigenvalue weighted by Crippen LogP contribution is 2.17. The van der Waals surface area contributed by atoms with Crippen LogP contribution in [0.2, 0.25) is 0 Å². The van der Waals surface area contributed by atoms with Crippen molar-refractivity contribution in [2.45, 2.75) is 18.9 Å². The minimum atomic E-state index is -3.35. The van der Waals surface area contributed by atoms with E-state index >= 15 is 0 Å². The molecule has 0 atom stereocenters. The van der Waals surface area contributed by atoms with Gasteiger partial charge >= 0.3 is 0 Å². The fourth-order valence-corrected chi connectivity index (χ4v) is 4.33. The van der Waals surface area contributed by atoms with E-state index in [0.29, 0.717) is 31.7 Å². The van der Waals surface area contributed by atoms with Crippen molar-refractivity contribution >= 4 is 26.8 Å². The van der Waals surface area contributed by atoms with E-state index in [0.717, 1.165) is 10.9 Å². The highest BCUT2D eigenvalue weighted by atomic mass is 32.2. The van der Waals surface area contributed by atoms with Gasteiger partial charge in [0, 0.05) is 37.7 Å². The van der Waals surface area contributed by atoms with Gasteiger partial charge in [-0.15, -0.1) is 0 Å². The van der Waals surface area contributed by atoms with E-state index in [4.69, 9.17) is 4.74 Å². The third kappa shape index (κ3) is 4.57. The molecule has 1 aromatic carbocycles. The highest BCUT2D eigenvalue weighted by Gasteiger charge is 2.28. The summed E-state index contributed by atoms with van der Waals surface area (Å²) in [6, 6.07) is 11.0. The van der Waals surface area contributed by atoms with Crippen LogP contribution in [0.15, 0.2) is 36.4 Å². The molecule has 1 aliphatic heterocycles. The van der Waals surface area contributed by atoms with E-state index in [9.17, 15) is 13.2 Å². The van der Waals surface area contributed by atoms with Gasteiger partial charge in [-0.25, -0.2) is 13.4 Å². The van der Waals surface area contributed by atoms with Crippen molar-refractivity contribution in [1.82, 2.24) is 14.6 Å². The van der Waals surface area contributed by atoms with Gasteiger partial charge in [0.1, 0.15) is 5.69 Å². The maximum Gasteiger partial charge on any atom is 0.269 e. The Morgan fingerprint density at radius 3 is 2.69 bits per heavy atom. The van der Waals surface area contributed by atoms with Gasteiger partial charge < -0.3 is 10.1 Å². The zero-order valence-corrected chi connectivity index (χ0v) is 15.5. The molecule has 0 unspecified atom stereocenters. The van der Waals surface area contributed by atoms with E-state index in [2.05, 4.69) is 10.3 Å². The number of para-hydroxylation sites is 1. The van der Waals surface area contributed by atoms with Crippen molar-refractivity contribution in [2.24, 2.45) is 0 Å². The van der Waals surface area contributed by atoms with E-state index in [-0.39, 0.29) is 25.0 Å². The zero-order valence-electron chi connectivity index (χ0n) is 14.7. The first-order chi connectivity index (χ1) is 12.4. The number of nitrogens with zero attached hydrogens (tertiary/aromatic N) is 2. The number of hydrogen-bond acceptors (Lipinski definition) is 5. The number of rotatable bonds is 6. The van der Waals surface area contributed by atoms with Crippen molar-refractivity contribution in [1.29, 1.82) is 0 Å². The van der Waals surface area contributed by atoms with Gasteiger partial charge in [0.25, 0.3) is 5.91 Å². The van der Waals surface area contributed by atoms with E-state index in [1.54, 1.807) is 6.07 Å². The molecule has 2 aromatic rings. The summed E-state index contributed by atoms with van der Waals surface area (Å²) in [7, 11) is -3.35. The topological polar surface area (TPSA) is 88.6 Å². The Labute approximate surface area is 153 Å². The van der Waals surface area contributed by atoms with Crippen molar-refractivity contribution < 1.29 is 17.9 Å². The lowest BCUT2D eigenvalue weighted by Gasteiger charge is -2.32. The Balaban J connectivity index is 1.61. The fourth-order valence-electron chi connectivity index (χ4n) is 3.15. The molecule has 0 radical (unpaired) electrons. The van der Waals surface area contributed by atoms with Crippen LogP contribution in [-0.2, 0) is 14.8 Å². The molecule has 1 aliphatic rings. The van der Waals surface area contributed by atoms with Gasteiger partial charge in [-0.1, -0.05) is 24.3 Å². The zero-order chi connectivity index (χ0) is 18.6. The van der Waals surface area contributed by atoms with E-state index in [1.807, 2.05) is 30.3 Å². The summed E-state index contributed by atoms with van der Waals surface area (Å²) in [6.45, 7) is 1.59. The minimum absolute atomic E-state index is 0.0746. The number of amides is 1. The van der Waals surface area contributed by atoms with Crippen molar-refractivity contribution in [3.8, 4) is 0 Å². The van der Waals surface area contributed by atoms with Crippen molar-refractivity contribution in [2.75, 3.05) is 32.6 Å². The molecule has 26 heavy (non-hydrogen) atoms. The lowest BCUT2D eigenvalue weighted by Crippen LogP contribution is -2.46. The van der Waals surface area contributed by atoms with Crippen LogP contribution in [-0.4, -0.2) is 62.2 Å². The quantitative estimate of drug-likeness (QED) is 0.822. The molecule has 140 valence electrons. The molecule has 8 heteroatoms. The number of benzene rings is 1. The first-order valence-corrected chi connectivity index (χ1v) is 10.5. The van der Waals surface area contributed by atoms with Gasteiger partial charge in [0.15, 0.2) is 0 Å². The van der Waals surface area contributed by atoms with Crippen LogP contribution in [0.5, 0.6) is 0 Å². The van der Waals surface area contributed by atoms with E-state index < -0.39 is 10.0 Å². The molecular weight excluding hydrogens is 354 g/mol. The fraction of sp³-hybridized carbons (Fsp3) is 0.444. The second-order valence-electron chi connectivity index (χ2n) is 6.36. The van der Waals surface area contributed by atoms with Gasteiger partial charge in [0.05, 0.1) is 11.8 Å². The number of ether oxygens (including phenoxy) is 1. The van der Waals surface area contributed by atoms with Crippen molar-refractivity contribution in [3.05, 3.63) is 42.1 Å². The Bertz CT molecular complexity index is 879. The third-order valence-corrected chi connectivity index (χ3v) is 5.81. The lowest BCUT2D eigenvalue weighted by molar-refractivity contribution is 0.0585. The number of carbonyl (C=O) groups excluding carboxylic acids is 1. The number of nitrogens with one attached hydrogen (secondary N) is 1. The summed E-state index contributed by atoms with van der Waals surface area (Å²) in [6.07, 6.45) is 2.55. The van der Waals surface area contributed by atoms with Crippen LogP contribution in [0, 0.1) is 0 Å². The number of sulfonamides is 1. The second-order valence-corrected chi connectivity index (χ2v) is 8.30. The summed E-state index contributed by atoms with van der Waals surface area (Å²) in [5.41, 5.74) is 1.07. The predicted molar refractivity (Wildman–Crippen MR) is 99.5 cm³/mol. The lowest BCUT2D eigenvalue weighted by atomic mass is 10.1. The first-order valence-electron chi connectivity index (χ1n) is 8.64. The standard InChI is InChI=1S/C18H23N3O4S/c1-26(23,24)21(15-8-12-25-13-9-15)11-10-19-18(22)17-7-6-14-4-2-3-5-16(14)20-17/h2-7,15H,8-13H2,1H3,(H,19,22).